The fourth-order valence-corrected chi connectivity index (χ4v) is 2.69. The lowest BCUT2D eigenvalue weighted by atomic mass is 10.1. The second kappa shape index (κ2) is 6.78. The van der Waals surface area contributed by atoms with Gasteiger partial charge in [-0.25, -0.2) is 0 Å². The van der Waals surface area contributed by atoms with Gasteiger partial charge in [0.15, 0.2) is 5.16 Å². The Balaban J connectivity index is 2.13. The van der Waals surface area contributed by atoms with Gasteiger partial charge >= 0.3 is 0 Å². The Kier molecular flexibility index (Phi) is 4.99. The number of anilines is 1. The van der Waals surface area contributed by atoms with Gasteiger partial charge in [-0.15, -0.1) is 10.2 Å². The van der Waals surface area contributed by atoms with E-state index < -0.39 is 4.92 Å². The van der Waals surface area contributed by atoms with Crippen LogP contribution in [-0.2, 0) is 11.8 Å². The van der Waals surface area contributed by atoms with E-state index in [-0.39, 0.29) is 23.0 Å². The predicted octanol–water partition coefficient (Wildman–Crippen LogP) is 2.38. The van der Waals surface area contributed by atoms with E-state index in [0.717, 1.165) is 11.4 Å². The first-order valence-electron chi connectivity index (χ1n) is 6.84. The molecule has 0 saturated carbocycles. The van der Waals surface area contributed by atoms with Gasteiger partial charge in [0.2, 0.25) is 5.91 Å². The lowest BCUT2D eigenvalue weighted by molar-refractivity contribution is -0.384. The molecule has 9 heteroatoms. The first kappa shape index (κ1) is 16.9. The monoisotopic (exact) mass is 335 g/mol. The summed E-state index contributed by atoms with van der Waals surface area (Å²) in [4.78, 5) is 22.8. The molecule has 0 fully saturated rings. The van der Waals surface area contributed by atoms with Crippen LogP contribution in [0, 0.1) is 30.9 Å². The number of nitrogens with zero attached hydrogens (tertiary/aromatic N) is 4. The molecule has 1 N–H and O–H groups in total. The molecular formula is C14H17N5O3S. The minimum Gasteiger partial charge on any atom is -0.319 e. The number of benzene rings is 1. The Bertz CT molecular complexity index is 772. The maximum atomic E-state index is 12.1. The van der Waals surface area contributed by atoms with Gasteiger partial charge in [-0.1, -0.05) is 17.8 Å². The van der Waals surface area contributed by atoms with Crippen LogP contribution in [0.5, 0.6) is 0 Å². The number of nitrogens with one attached hydrogen (secondary N) is 1. The van der Waals surface area contributed by atoms with Crippen molar-refractivity contribution in [1.29, 1.82) is 0 Å². The number of carbonyl (C=O) groups excluding carboxylic acids is 1. The number of hydrogen-bond donors (Lipinski definition) is 1. The molecule has 0 bridgehead atoms. The minimum atomic E-state index is -0.499. The number of nitro benzene ring substituents is 1. The van der Waals surface area contributed by atoms with Crippen LogP contribution in [-0.4, -0.2) is 31.3 Å². The van der Waals surface area contributed by atoms with Crippen LogP contribution >= 0.6 is 11.8 Å². The van der Waals surface area contributed by atoms with Gasteiger partial charge in [-0.3, -0.25) is 14.9 Å². The van der Waals surface area contributed by atoms with Gasteiger partial charge in [0.05, 0.1) is 10.7 Å². The van der Waals surface area contributed by atoms with E-state index in [2.05, 4.69) is 15.5 Å². The number of hydrogen-bond acceptors (Lipinski definition) is 6. The Morgan fingerprint density at radius 1 is 1.35 bits per heavy atom. The first-order chi connectivity index (χ1) is 10.8. The highest BCUT2D eigenvalue weighted by Gasteiger charge is 2.19. The maximum absolute atomic E-state index is 12.1. The van der Waals surface area contributed by atoms with Gasteiger partial charge < -0.3 is 9.88 Å². The quantitative estimate of drug-likeness (QED) is 0.511. The van der Waals surface area contributed by atoms with Crippen molar-refractivity contribution in [2.75, 3.05) is 11.1 Å². The fourth-order valence-electron chi connectivity index (χ4n) is 1.93. The summed E-state index contributed by atoms with van der Waals surface area (Å²) in [5.74, 6) is 0.516. The molecule has 1 aromatic carbocycles. The van der Waals surface area contributed by atoms with E-state index in [4.69, 9.17) is 0 Å². The number of nitro groups is 1. The van der Waals surface area contributed by atoms with E-state index in [1.807, 2.05) is 20.9 Å². The fraction of sp³-hybridized carbons (Fsp3) is 0.357. The third kappa shape index (κ3) is 3.67. The zero-order valence-corrected chi connectivity index (χ0v) is 14.1. The van der Waals surface area contributed by atoms with Gasteiger partial charge in [0.25, 0.3) is 5.69 Å². The number of carbonyl (C=O) groups is 1. The molecule has 0 saturated heterocycles. The predicted molar refractivity (Wildman–Crippen MR) is 87.7 cm³/mol. The number of aromatic nitrogens is 3. The van der Waals surface area contributed by atoms with E-state index in [9.17, 15) is 14.9 Å². The Hall–Kier alpha value is -2.42. The lowest BCUT2D eigenvalue weighted by Gasteiger charge is -2.11. The van der Waals surface area contributed by atoms with Crippen molar-refractivity contribution >= 4 is 29.0 Å². The van der Waals surface area contributed by atoms with Crippen molar-refractivity contribution in [3.8, 4) is 0 Å². The van der Waals surface area contributed by atoms with Gasteiger partial charge in [-0.05, 0) is 31.9 Å². The third-order valence-corrected chi connectivity index (χ3v) is 4.58. The average Bonchev–Trinajstić information content (AvgIpc) is 2.81. The molecule has 1 heterocycles. The van der Waals surface area contributed by atoms with Gasteiger partial charge in [0.1, 0.15) is 11.5 Å². The maximum Gasteiger partial charge on any atom is 0.293 e. The summed E-state index contributed by atoms with van der Waals surface area (Å²) in [6.45, 7) is 5.40. The minimum absolute atomic E-state index is 0.0938. The van der Waals surface area contributed by atoms with E-state index in [1.54, 1.807) is 17.6 Å². The third-order valence-electron chi connectivity index (χ3n) is 3.56. The SMILES string of the molecule is Cc1ccc([N+](=O)[O-])c(NC(=O)CSc2nnc(C)n2C)c1C. The Morgan fingerprint density at radius 3 is 2.61 bits per heavy atom. The van der Waals surface area contributed by atoms with Crippen LogP contribution in [0.1, 0.15) is 17.0 Å². The molecule has 1 aromatic heterocycles. The van der Waals surface area contributed by atoms with E-state index in [1.165, 1.54) is 17.8 Å². The molecule has 23 heavy (non-hydrogen) atoms. The van der Waals surface area contributed by atoms with Gasteiger partial charge in [-0.2, -0.15) is 0 Å². The highest BCUT2D eigenvalue weighted by Crippen LogP contribution is 2.30. The smallest absolute Gasteiger partial charge is 0.293 e. The van der Waals surface area contributed by atoms with Crippen LogP contribution in [0.25, 0.3) is 0 Å². The molecule has 0 unspecified atom stereocenters. The molecule has 2 rings (SSSR count). The van der Waals surface area contributed by atoms with Crippen LogP contribution in [0.4, 0.5) is 11.4 Å². The van der Waals surface area contributed by atoms with Crippen molar-refractivity contribution in [2.24, 2.45) is 7.05 Å². The molecule has 0 aliphatic carbocycles. The summed E-state index contributed by atoms with van der Waals surface area (Å²) in [7, 11) is 1.81. The second-order valence-electron chi connectivity index (χ2n) is 5.08. The zero-order chi connectivity index (χ0) is 17.1. The second-order valence-corrected chi connectivity index (χ2v) is 6.03. The normalized spacial score (nSPS) is 10.6. The summed E-state index contributed by atoms with van der Waals surface area (Å²) in [5.41, 5.74) is 1.70. The van der Waals surface area contributed by atoms with Crippen molar-refractivity contribution in [2.45, 2.75) is 25.9 Å². The summed E-state index contributed by atoms with van der Waals surface area (Å²) in [6, 6.07) is 3.07. The summed E-state index contributed by atoms with van der Waals surface area (Å²) in [5, 5.41) is 22.2. The summed E-state index contributed by atoms with van der Waals surface area (Å²) >= 11 is 1.23. The molecule has 0 radical (unpaired) electrons. The molecular weight excluding hydrogens is 318 g/mol. The Morgan fingerprint density at radius 2 is 2.04 bits per heavy atom. The summed E-state index contributed by atoms with van der Waals surface area (Å²) in [6.07, 6.45) is 0. The molecule has 2 aromatic rings. The molecule has 0 aliphatic heterocycles. The highest BCUT2D eigenvalue weighted by atomic mass is 32.2. The molecule has 0 aliphatic rings. The standard InChI is InChI=1S/C14H17N5O3S/c1-8-5-6-11(19(21)22)13(9(8)2)15-12(20)7-23-14-17-16-10(3)18(14)4/h5-6H,7H2,1-4H3,(H,15,20). The average molecular weight is 335 g/mol. The summed E-state index contributed by atoms with van der Waals surface area (Å²) < 4.78 is 1.78. The van der Waals surface area contributed by atoms with E-state index in [0.29, 0.717) is 10.7 Å². The number of amides is 1. The molecule has 0 atom stereocenters. The number of aryl methyl sites for hydroxylation is 2. The molecule has 1 amide bonds. The lowest BCUT2D eigenvalue weighted by Crippen LogP contribution is -2.16. The number of rotatable bonds is 5. The van der Waals surface area contributed by atoms with Crippen LogP contribution in [0.2, 0.25) is 0 Å². The molecule has 122 valence electrons. The van der Waals surface area contributed by atoms with Crippen LogP contribution < -0.4 is 5.32 Å². The van der Waals surface area contributed by atoms with Gasteiger partial charge in [0, 0.05) is 13.1 Å². The molecule has 8 nitrogen and oxygen atoms in total. The largest absolute Gasteiger partial charge is 0.319 e. The number of thioether (sulfide) groups is 1. The Labute approximate surface area is 137 Å². The van der Waals surface area contributed by atoms with Crippen molar-refractivity contribution in [3.05, 3.63) is 39.2 Å². The van der Waals surface area contributed by atoms with Crippen molar-refractivity contribution in [3.63, 3.8) is 0 Å². The highest BCUT2D eigenvalue weighted by molar-refractivity contribution is 7.99. The first-order valence-corrected chi connectivity index (χ1v) is 7.83. The zero-order valence-electron chi connectivity index (χ0n) is 13.3. The molecule has 0 spiro atoms. The topological polar surface area (TPSA) is 103 Å². The van der Waals surface area contributed by atoms with Crippen LogP contribution in [0.15, 0.2) is 17.3 Å². The van der Waals surface area contributed by atoms with Crippen molar-refractivity contribution in [1.82, 2.24) is 14.8 Å². The van der Waals surface area contributed by atoms with Crippen LogP contribution in [0.3, 0.4) is 0 Å². The van der Waals surface area contributed by atoms with Crippen molar-refractivity contribution < 1.29 is 9.72 Å². The van der Waals surface area contributed by atoms with E-state index >= 15 is 0 Å².